The Balaban J connectivity index is 2.10. The second-order valence-corrected chi connectivity index (χ2v) is 6.30. The van der Waals surface area contributed by atoms with E-state index in [4.69, 9.17) is 10.5 Å². The van der Waals surface area contributed by atoms with E-state index in [1.165, 1.54) is 12.1 Å². The standard InChI is InChI=1S/C16H21FN2O3/c1-16(2,3)22-15(21)19-6-4-10(5-7-19)11-8-12(17)14(20)13(18)9-11/h4,8-9,20H,5-7,18H2,1-3H3. The van der Waals surface area contributed by atoms with Crippen molar-refractivity contribution in [1.29, 1.82) is 0 Å². The van der Waals surface area contributed by atoms with Crippen LogP contribution < -0.4 is 5.73 Å². The monoisotopic (exact) mass is 308 g/mol. The SMILES string of the molecule is CC(C)(C)OC(=O)N1CC=C(c2cc(N)c(O)c(F)c2)CC1. The zero-order valence-electron chi connectivity index (χ0n) is 13.0. The highest BCUT2D eigenvalue weighted by Crippen LogP contribution is 2.31. The molecule has 1 aliphatic heterocycles. The van der Waals surface area contributed by atoms with Gasteiger partial charge in [0.1, 0.15) is 5.60 Å². The average Bonchev–Trinajstić information content (AvgIpc) is 2.42. The molecule has 0 unspecified atom stereocenters. The van der Waals surface area contributed by atoms with Crippen LogP contribution in [0.15, 0.2) is 18.2 Å². The van der Waals surface area contributed by atoms with Gasteiger partial charge in [-0.25, -0.2) is 9.18 Å². The number of phenols is 1. The lowest BCUT2D eigenvalue weighted by atomic mass is 9.98. The third-order valence-electron chi connectivity index (χ3n) is 3.32. The first-order valence-electron chi connectivity index (χ1n) is 7.12. The van der Waals surface area contributed by atoms with Crippen LogP contribution in [0.25, 0.3) is 5.57 Å². The van der Waals surface area contributed by atoms with Gasteiger partial charge in [0.15, 0.2) is 11.6 Å². The zero-order chi connectivity index (χ0) is 16.5. The van der Waals surface area contributed by atoms with Crippen LogP contribution in [0.5, 0.6) is 5.75 Å². The predicted molar refractivity (Wildman–Crippen MR) is 82.9 cm³/mol. The smallest absolute Gasteiger partial charge is 0.410 e. The summed E-state index contributed by atoms with van der Waals surface area (Å²) in [5, 5.41) is 9.36. The van der Waals surface area contributed by atoms with Gasteiger partial charge in [-0.2, -0.15) is 0 Å². The lowest BCUT2D eigenvalue weighted by Crippen LogP contribution is -2.39. The summed E-state index contributed by atoms with van der Waals surface area (Å²) in [5.74, 6) is -1.28. The van der Waals surface area contributed by atoms with Crippen molar-refractivity contribution in [2.45, 2.75) is 32.8 Å². The molecule has 0 aromatic heterocycles. The van der Waals surface area contributed by atoms with Gasteiger partial charge < -0.3 is 20.5 Å². The van der Waals surface area contributed by atoms with E-state index in [-0.39, 0.29) is 11.8 Å². The number of nitrogens with two attached hydrogens (primary N) is 1. The first-order valence-corrected chi connectivity index (χ1v) is 7.12. The van der Waals surface area contributed by atoms with Gasteiger partial charge in [-0.05, 0) is 50.5 Å². The Hall–Kier alpha value is -2.24. The summed E-state index contributed by atoms with van der Waals surface area (Å²) in [6.07, 6.45) is 2.06. The van der Waals surface area contributed by atoms with Crippen molar-refractivity contribution >= 4 is 17.4 Å². The first-order chi connectivity index (χ1) is 10.2. The lowest BCUT2D eigenvalue weighted by Gasteiger charge is -2.29. The van der Waals surface area contributed by atoms with E-state index in [0.717, 1.165) is 5.57 Å². The molecule has 0 aliphatic carbocycles. The molecule has 0 saturated carbocycles. The molecule has 6 heteroatoms. The van der Waals surface area contributed by atoms with E-state index in [0.29, 0.717) is 25.1 Å². The van der Waals surface area contributed by atoms with Crippen LogP contribution >= 0.6 is 0 Å². The molecule has 1 heterocycles. The highest BCUT2D eigenvalue weighted by molar-refractivity contribution is 5.74. The molecule has 0 saturated heterocycles. The fourth-order valence-corrected chi connectivity index (χ4v) is 2.23. The number of nitrogen functional groups attached to an aromatic ring is 1. The summed E-state index contributed by atoms with van der Waals surface area (Å²) < 4.78 is 18.9. The zero-order valence-corrected chi connectivity index (χ0v) is 13.0. The normalized spacial score (nSPS) is 15.5. The van der Waals surface area contributed by atoms with E-state index in [2.05, 4.69) is 0 Å². The molecule has 0 radical (unpaired) electrons. The quantitative estimate of drug-likeness (QED) is 0.617. The molecule has 1 aromatic rings. The van der Waals surface area contributed by atoms with E-state index in [1.54, 1.807) is 4.90 Å². The summed E-state index contributed by atoms with van der Waals surface area (Å²) in [7, 11) is 0. The number of halogens is 1. The Morgan fingerprint density at radius 3 is 2.59 bits per heavy atom. The Bertz CT molecular complexity index is 597. The third kappa shape index (κ3) is 3.69. The Morgan fingerprint density at radius 2 is 2.09 bits per heavy atom. The van der Waals surface area contributed by atoms with Gasteiger partial charge in [-0.1, -0.05) is 6.08 Å². The van der Waals surface area contributed by atoms with Crippen molar-refractivity contribution < 1.29 is 19.0 Å². The number of hydrogen-bond donors (Lipinski definition) is 2. The summed E-state index contributed by atoms with van der Waals surface area (Å²) >= 11 is 0. The number of aromatic hydroxyl groups is 1. The van der Waals surface area contributed by atoms with E-state index >= 15 is 0 Å². The van der Waals surface area contributed by atoms with Crippen LogP contribution in [0.1, 0.15) is 32.8 Å². The van der Waals surface area contributed by atoms with Crippen LogP contribution in [0.3, 0.4) is 0 Å². The van der Waals surface area contributed by atoms with Crippen molar-refractivity contribution in [3.63, 3.8) is 0 Å². The van der Waals surface area contributed by atoms with Crippen molar-refractivity contribution in [3.8, 4) is 5.75 Å². The van der Waals surface area contributed by atoms with Gasteiger partial charge in [0, 0.05) is 13.1 Å². The van der Waals surface area contributed by atoms with Gasteiger partial charge in [-0.3, -0.25) is 0 Å². The Labute approximate surface area is 129 Å². The molecule has 2 rings (SSSR count). The van der Waals surface area contributed by atoms with Crippen molar-refractivity contribution in [2.24, 2.45) is 0 Å². The average molecular weight is 308 g/mol. The topological polar surface area (TPSA) is 75.8 Å². The van der Waals surface area contributed by atoms with Gasteiger partial charge in [0.2, 0.25) is 0 Å². The molecule has 3 N–H and O–H groups in total. The molecule has 1 amide bonds. The number of ether oxygens (including phenoxy) is 1. The fraction of sp³-hybridized carbons (Fsp3) is 0.438. The van der Waals surface area contributed by atoms with Crippen molar-refractivity contribution in [2.75, 3.05) is 18.8 Å². The van der Waals surface area contributed by atoms with Crippen molar-refractivity contribution in [1.82, 2.24) is 4.90 Å². The molecule has 0 spiro atoms. The van der Waals surface area contributed by atoms with Crippen LogP contribution in [-0.2, 0) is 4.74 Å². The summed E-state index contributed by atoms with van der Waals surface area (Å²) in [5.41, 5.74) is 6.56. The highest BCUT2D eigenvalue weighted by atomic mass is 19.1. The number of nitrogens with zero attached hydrogens (tertiary/aromatic N) is 1. The molecular weight excluding hydrogens is 287 g/mol. The largest absolute Gasteiger partial charge is 0.503 e. The minimum Gasteiger partial charge on any atom is -0.503 e. The molecular formula is C16H21FN2O3. The maximum absolute atomic E-state index is 13.5. The number of rotatable bonds is 1. The minimum atomic E-state index is -0.745. The third-order valence-corrected chi connectivity index (χ3v) is 3.32. The maximum Gasteiger partial charge on any atom is 0.410 e. The first kappa shape index (κ1) is 16.1. The van der Waals surface area contributed by atoms with E-state index < -0.39 is 17.2 Å². The van der Waals surface area contributed by atoms with Gasteiger partial charge in [0.05, 0.1) is 5.69 Å². The van der Waals surface area contributed by atoms with Crippen LogP contribution in [0, 0.1) is 5.82 Å². The number of anilines is 1. The molecule has 0 bridgehead atoms. The molecule has 5 nitrogen and oxygen atoms in total. The number of phenolic OH excluding ortho intramolecular Hbond substituents is 1. The molecule has 1 aromatic carbocycles. The number of amides is 1. The molecule has 1 aliphatic rings. The summed E-state index contributed by atoms with van der Waals surface area (Å²) in [6, 6.07) is 2.79. The number of hydrogen-bond acceptors (Lipinski definition) is 4. The number of carbonyl (C=O) groups is 1. The van der Waals surface area contributed by atoms with Gasteiger partial charge in [-0.15, -0.1) is 0 Å². The Morgan fingerprint density at radius 1 is 1.41 bits per heavy atom. The summed E-state index contributed by atoms with van der Waals surface area (Å²) in [6.45, 7) is 6.34. The number of carbonyl (C=O) groups excluding carboxylic acids is 1. The molecule has 120 valence electrons. The number of benzene rings is 1. The Kier molecular flexibility index (Phi) is 4.30. The van der Waals surface area contributed by atoms with Crippen LogP contribution in [0.2, 0.25) is 0 Å². The molecule has 0 atom stereocenters. The second kappa shape index (κ2) is 5.87. The highest BCUT2D eigenvalue weighted by Gasteiger charge is 2.24. The van der Waals surface area contributed by atoms with Crippen molar-refractivity contribution in [3.05, 3.63) is 29.6 Å². The molecule has 22 heavy (non-hydrogen) atoms. The van der Waals surface area contributed by atoms with Gasteiger partial charge in [0.25, 0.3) is 0 Å². The van der Waals surface area contributed by atoms with Crippen LogP contribution in [-0.4, -0.2) is 34.8 Å². The van der Waals surface area contributed by atoms with Crippen LogP contribution in [0.4, 0.5) is 14.9 Å². The molecule has 0 fully saturated rings. The lowest BCUT2D eigenvalue weighted by molar-refractivity contribution is 0.0270. The van der Waals surface area contributed by atoms with Gasteiger partial charge >= 0.3 is 6.09 Å². The fourth-order valence-electron chi connectivity index (χ4n) is 2.23. The van der Waals surface area contributed by atoms with E-state index in [1.807, 2.05) is 26.8 Å². The second-order valence-electron chi connectivity index (χ2n) is 6.30. The summed E-state index contributed by atoms with van der Waals surface area (Å²) in [4.78, 5) is 13.6. The van der Waals surface area contributed by atoms with E-state index in [9.17, 15) is 14.3 Å². The minimum absolute atomic E-state index is 0.00507. The predicted octanol–water partition coefficient (Wildman–Crippen LogP) is 3.14. The maximum atomic E-state index is 13.5.